The summed E-state index contributed by atoms with van der Waals surface area (Å²) in [6.45, 7) is 0.806. The fraction of sp³-hybridized carbons (Fsp3) is 0.933. The topological polar surface area (TPSA) is 26.3 Å². The maximum absolute atomic E-state index is 12.7. The molecule has 3 rings (SSSR count). The van der Waals surface area contributed by atoms with Crippen LogP contribution in [0.3, 0.4) is 0 Å². The van der Waals surface area contributed by atoms with E-state index in [0.717, 1.165) is 31.0 Å². The van der Waals surface area contributed by atoms with Crippen molar-refractivity contribution < 1.29 is 9.53 Å². The monoisotopic (exact) mass is 300 g/mol. The second kappa shape index (κ2) is 6.40. The van der Waals surface area contributed by atoms with Crippen molar-refractivity contribution >= 4 is 29.3 Å². The van der Waals surface area contributed by atoms with Crippen LogP contribution in [0.5, 0.6) is 0 Å². The van der Waals surface area contributed by atoms with E-state index in [2.05, 4.69) is 0 Å². The van der Waals surface area contributed by atoms with Crippen LogP contribution in [-0.2, 0) is 9.53 Å². The second-order valence-electron chi connectivity index (χ2n) is 6.12. The molecule has 0 aromatic heterocycles. The molecule has 0 aromatic rings. The Balaban J connectivity index is 1.62. The average Bonchev–Trinajstić information content (AvgIpc) is 2.48. The van der Waals surface area contributed by atoms with Gasteiger partial charge in [-0.2, -0.15) is 11.8 Å². The summed E-state index contributed by atoms with van der Waals surface area (Å²) in [7, 11) is 0. The molecule has 3 fully saturated rings. The van der Waals surface area contributed by atoms with Gasteiger partial charge in [0.25, 0.3) is 0 Å². The molecule has 4 heteroatoms. The van der Waals surface area contributed by atoms with Gasteiger partial charge in [0.1, 0.15) is 5.78 Å². The Labute approximate surface area is 124 Å². The summed E-state index contributed by atoms with van der Waals surface area (Å²) in [5.74, 6) is 4.21. The van der Waals surface area contributed by atoms with Crippen LogP contribution in [0, 0.1) is 5.92 Å². The minimum absolute atomic E-state index is 0.0727. The Morgan fingerprint density at radius 1 is 1.16 bits per heavy atom. The molecular formula is C15H24O2S2. The molecule has 19 heavy (non-hydrogen) atoms. The molecule has 2 saturated heterocycles. The lowest BCUT2D eigenvalue weighted by Crippen LogP contribution is -2.45. The summed E-state index contributed by atoms with van der Waals surface area (Å²) >= 11 is 3.84. The molecule has 0 radical (unpaired) electrons. The SMILES string of the molecule is O=C(C1CCOC2(CCCCC2)C1)C1CSCCS1. The predicted molar refractivity (Wildman–Crippen MR) is 83.1 cm³/mol. The van der Waals surface area contributed by atoms with Gasteiger partial charge in [0.2, 0.25) is 0 Å². The number of carbonyl (C=O) groups is 1. The highest BCUT2D eigenvalue weighted by atomic mass is 32.2. The Bertz CT molecular complexity index is 315. The number of thioether (sulfide) groups is 2. The molecule has 3 aliphatic rings. The number of ketones is 1. The number of Topliss-reactive ketones (excluding diaryl/α,β-unsaturated/α-hetero) is 1. The lowest BCUT2D eigenvalue weighted by Gasteiger charge is -2.43. The van der Waals surface area contributed by atoms with Gasteiger partial charge >= 0.3 is 0 Å². The number of carbonyl (C=O) groups excluding carboxylic acids is 1. The van der Waals surface area contributed by atoms with E-state index in [4.69, 9.17) is 4.74 Å². The molecule has 108 valence electrons. The van der Waals surface area contributed by atoms with Gasteiger partial charge in [-0.3, -0.25) is 4.79 Å². The summed E-state index contributed by atoms with van der Waals surface area (Å²) in [5, 5.41) is 0.266. The molecule has 1 saturated carbocycles. The first-order valence-electron chi connectivity index (χ1n) is 7.66. The van der Waals surface area contributed by atoms with Crippen molar-refractivity contribution in [2.45, 2.75) is 55.8 Å². The van der Waals surface area contributed by atoms with E-state index in [0.29, 0.717) is 5.78 Å². The molecule has 2 atom stereocenters. The van der Waals surface area contributed by atoms with E-state index >= 15 is 0 Å². The number of rotatable bonds is 2. The zero-order chi connectivity index (χ0) is 13.1. The maximum Gasteiger partial charge on any atom is 0.149 e. The molecular weight excluding hydrogens is 276 g/mol. The van der Waals surface area contributed by atoms with Gasteiger partial charge in [-0.1, -0.05) is 19.3 Å². The minimum Gasteiger partial charge on any atom is -0.375 e. The predicted octanol–water partition coefficient (Wildman–Crippen LogP) is 3.53. The molecule has 2 nitrogen and oxygen atoms in total. The van der Waals surface area contributed by atoms with Crippen LogP contribution < -0.4 is 0 Å². The number of hydrogen-bond donors (Lipinski definition) is 0. The zero-order valence-corrected chi connectivity index (χ0v) is 13.2. The van der Waals surface area contributed by atoms with Crippen LogP contribution in [0.2, 0.25) is 0 Å². The third-order valence-corrected chi connectivity index (χ3v) is 7.57. The first kappa shape index (κ1) is 14.3. The standard InChI is InChI=1S/C15H24O2S2/c16-14(13-11-18-8-9-19-13)12-4-7-17-15(10-12)5-2-1-3-6-15/h12-13H,1-11H2. The minimum atomic E-state index is 0.0727. The first-order chi connectivity index (χ1) is 9.29. The highest BCUT2D eigenvalue weighted by Gasteiger charge is 2.42. The van der Waals surface area contributed by atoms with E-state index < -0.39 is 0 Å². The summed E-state index contributed by atoms with van der Waals surface area (Å²) in [6.07, 6.45) is 8.26. The van der Waals surface area contributed by atoms with Gasteiger partial charge in [-0.15, -0.1) is 11.8 Å². The van der Waals surface area contributed by atoms with Crippen molar-refractivity contribution in [2.75, 3.05) is 23.9 Å². The van der Waals surface area contributed by atoms with Gasteiger partial charge in [-0.25, -0.2) is 0 Å². The van der Waals surface area contributed by atoms with Crippen LogP contribution in [0.4, 0.5) is 0 Å². The fourth-order valence-electron chi connectivity index (χ4n) is 3.73. The molecule has 2 aliphatic heterocycles. The van der Waals surface area contributed by atoms with E-state index in [9.17, 15) is 4.79 Å². The Kier molecular flexibility index (Phi) is 4.81. The molecule has 0 aromatic carbocycles. The first-order valence-corrected chi connectivity index (χ1v) is 9.86. The third-order valence-electron chi connectivity index (χ3n) is 4.79. The summed E-state index contributed by atoms with van der Waals surface area (Å²) in [5.41, 5.74) is 0.0727. The van der Waals surface area contributed by atoms with Crippen LogP contribution in [-0.4, -0.2) is 40.5 Å². The second-order valence-corrected chi connectivity index (χ2v) is 8.58. The molecule has 1 spiro atoms. The maximum atomic E-state index is 12.7. The van der Waals surface area contributed by atoms with Crippen molar-refractivity contribution in [2.24, 2.45) is 5.92 Å². The molecule has 0 amide bonds. The van der Waals surface area contributed by atoms with Gasteiger partial charge in [0.15, 0.2) is 0 Å². The number of ether oxygens (including phenoxy) is 1. The highest BCUT2D eigenvalue weighted by molar-refractivity contribution is 8.07. The molecule has 2 heterocycles. The molecule has 1 aliphatic carbocycles. The van der Waals surface area contributed by atoms with E-state index in [1.807, 2.05) is 23.5 Å². The van der Waals surface area contributed by atoms with Crippen molar-refractivity contribution in [3.05, 3.63) is 0 Å². The Hall–Kier alpha value is 0.330. The van der Waals surface area contributed by atoms with Crippen LogP contribution in [0.15, 0.2) is 0 Å². The lowest BCUT2D eigenvalue weighted by atomic mass is 9.74. The lowest BCUT2D eigenvalue weighted by molar-refractivity contribution is -0.142. The van der Waals surface area contributed by atoms with Crippen molar-refractivity contribution in [1.82, 2.24) is 0 Å². The van der Waals surface area contributed by atoms with E-state index in [-0.39, 0.29) is 16.8 Å². The van der Waals surface area contributed by atoms with Gasteiger partial charge < -0.3 is 4.74 Å². The summed E-state index contributed by atoms with van der Waals surface area (Å²) < 4.78 is 6.11. The molecule has 0 N–H and O–H groups in total. The quantitative estimate of drug-likeness (QED) is 0.779. The highest BCUT2D eigenvalue weighted by Crippen LogP contribution is 2.42. The molecule has 0 bridgehead atoms. The summed E-state index contributed by atoms with van der Waals surface area (Å²) in [4.78, 5) is 12.7. The average molecular weight is 300 g/mol. The van der Waals surface area contributed by atoms with Crippen LogP contribution in [0.1, 0.15) is 44.9 Å². The van der Waals surface area contributed by atoms with Gasteiger partial charge in [0.05, 0.1) is 10.9 Å². The Morgan fingerprint density at radius 2 is 2.00 bits per heavy atom. The smallest absolute Gasteiger partial charge is 0.149 e. The van der Waals surface area contributed by atoms with Gasteiger partial charge in [0, 0.05) is 29.8 Å². The van der Waals surface area contributed by atoms with E-state index in [1.54, 1.807) is 0 Å². The largest absolute Gasteiger partial charge is 0.375 e. The fourth-order valence-corrected chi connectivity index (χ4v) is 6.45. The normalized spacial score (nSPS) is 35.2. The van der Waals surface area contributed by atoms with Crippen LogP contribution >= 0.6 is 23.5 Å². The van der Waals surface area contributed by atoms with Gasteiger partial charge in [-0.05, 0) is 25.7 Å². The van der Waals surface area contributed by atoms with E-state index in [1.165, 1.54) is 37.9 Å². The van der Waals surface area contributed by atoms with Crippen molar-refractivity contribution in [3.8, 4) is 0 Å². The number of hydrogen-bond acceptors (Lipinski definition) is 4. The zero-order valence-electron chi connectivity index (χ0n) is 11.6. The molecule has 2 unspecified atom stereocenters. The van der Waals surface area contributed by atoms with Crippen LogP contribution in [0.25, 0.3) is 0 Å². The Morgan fingerprint density at radius 3 is 2.74 bits per heavy atom. The van der Waals surface area contributed by atoms with Crippen molar-refractivity contribution in [3.63, 3.8) is 0 Å². The van der Waals surface area contributed by atoms with Crippen molar-refractivity contribution in [1.29, 1.82) is 0 Å². The summed E-state index contributed by atoms with van der Waals surface area (Å²) in [6, 6.07) is 0. The third kappa shape index (κ3) is 3.33.